The quantitative estimate of drug-likeness (QED) is 0.743. The summed E-state index contributed by atoms with van der Waals surface area (Å²) in [4.78, 5) is 11.7. The van der Waals surface area contributed by atoms with E-state index in [9.17, 15) is 4.79 Å². The van der Waals surface area contributed by atoms with Gasteiger partial charge in [0.05, 0.1) is 19.3 Å². The first-order chi connectivity index (χ1) is 8.58. The van der Waals surface area contributed by atoms with Crippen molar-refractivity contribution >= 4 is 21.8 Å². The van der Waals surface area contributed by atoms with E-state index in [0.717, 1.165) is 10.0 Å². The average molecular weight is 316 g/mol. The number of aliphatic hydroxyl groups is 2. The van der Waals surface area contributed by atoms with E-state index in [1.165, 1.54) is 0 Å². The molecule has 0 fully saturated rings. The highest BCUT2D eigenvalue weighted by Gasteiger charge is 2.16. The summed E-state index contributed by atoms with van der Waals surface area (Å²) < 4.78 is 0.978. The number of halogens is 1. The van der Waals surface area contributed by atoms with Crippen LogP contribution in [0.5, 0.6) is 0 Å². The van der Waals surface area contributed by atoms with E-state index in [1.54, 1.807) is 0 Å². The van der Waals surface area contributed by atoms with E-state index in [4.69, 9.17) is 10.2 Å². The lowest BCUT2D eigenvalue weighted by atomic mass is 9.97. The molecule has 1 rings (SSSR count). The SMILES string of the molecule is C[C@@H](CC(=O)NC(CO)CO)c1ccccc1Br. The van der Waals surface area contributed by atoms with Crippen LogP contribution in [0.25, 0.3) is 0 Å². The first-order valence-electron chi connectivity index (χ1n) is 5.84. The van der Waals surface area contributed by atoms with Crippen LogP contribution in [0, 0.1) is 0 Å². The zero-order chi connectivity index (χ0) is 13.5. The van der Waals surface area contributed by atoms with Crippen LogP contribution in [0.1, 0.15) is 24.8 Å². The molecule has 1 atom stereocenters. The van der Waals surface area contributed by atoms with Crippen molar-refractivity contribution in [1.29, 1.82) is 0 Å². The van der Waals surface area contributed by atoms with Crippen LogP contribution in [0.15, 0.2) is 28.7 Å². The standard InChI is InChI=1S/C13H18BrNO3/c1-9(11-4-2-3-5-12(11)14)6-13(18)15-10(7-16)8-17/h2-5,9-10,16-17H,6-8H2,1H3,(H,15,18)/t9-/m0/s1. The number of nitrogens with one attached hydrogen (secondary N) is 1. The van der Waals surface area contributed by atoms with Crippen molar-refractivity contribution in [3.63, 3.8) is 0 Å². The van der Waals surface area contributed by atoms with Crippen LogP contribution in [0.4, 0.5) is 0 Å². The molecule has 3 N–H and O–H groups in total. The Morgan fingerprint density at radius 2 is 1.94 bits per heavy atom. The van der Waals surface area contributed by atoms with Gasteiger partial charge in [0.25, 0.3) is 0 Å². The van der Waals surface area contributed by atoms with Gasteiger partial charge in [-0.1, -0.05) is 41.1 Å². The zero-order valence-corrected chi connectivity index (χ0v) is 11.9. The number of carbonyl (C=O) groups is 1. The number of rotatable bonds is 6. The maximum atomic E-state index is 11.7. The number of hydrogen-bond acceptors (Lipinski definition) is 3. The predicted octanol–water partition coefficient (Wildman–Crippen LogP) is 1.41. The molecule has 0 bridgehead atoms. The molecule has 0 saturated carbocycles. The number of carbonyl (C=O) groups excluding carboxylic acids is 1. The van der Waals surface area contributed by atoms with Gasteiger partial charge in [0.2, 0.25) is 5.91 Å². The lowest BCUT2D eigenvalue weighted by Crippen LogP contribution is -2.40. The van der Waals surface area contributed by atoms with Gasteiger partial charge in [0, 0.05) is 10.9 Å². The van der Waals surface area contributed by atoms with Crippen LogP contribution in [-0.2, 0) is 4.79 Å². The lowest BCUT2D eigenvalue weighted by molar-refractivity contribution is -0.122. The van der Waals surface area contributed by atoms with Gasteiger partial charge in [0.15, 0.2) is 0 Å². The molecule has 100 valence electrons. The van der Waals surface area contributed by atoms with Gasteiger partial charge in [-0.05, 0) is 17.5 Å². The third-order valence-electron chi connectivity index (χ3n) is 2.73. The topological polar surface area (TPSA) is 69.6 Å². The molecule has 4 nitrogen and oxygen atoms in total. The minimum Gasteiger partial charge on any atom is -0.394 e. The molecule has 1 aromatic rings. The summed E-state index contributed by atoms with van der Waals surface area (Å²) in [5, 5.41) is 20.4. The third kappa shape index (κ3) is 4.40. The summed E-state index contributed by atoms with van der Waals surface area (Å²) in [6.07, 6.45) is 0.319. The zero-order valence-electron chi connectivity index (χ0n) is 10.3. The van der Waals surface area contributed by atoms with E-state index < -0.39 is 6.04 Å². The fraction of sp³-hybridized carbons (Fsp3) is 0.462. The molecule has 0 radical (unpaired) electrons. The van der Waals surface area contributed by atoms with Crippen molar-refractivity contribution in [2.45, 2.75) is 25.3 Å². The maximum Gasteiger partial charge on any atom is 0.220 e. The first-order valence-corrected chi connectivity index (χ1v) is 6.63. The van der Waals surface area contributed by atoms with Crippen LogP contribution >= 0.6 is 15.9 Å². The summed E-state index contributed by atoms with van der Waals surface area (Å²) in [6.45, 7) is 1.45. The fourth-order valence-electron chi connectivity index (χ4n) is 1.70. The van der Waals surface area contributed by atoms with Crippen LogP contribution in [0.2, 0.25) is 0 Å². The highest BCUT2D eigenvalue weighted by Crippen LogP contribution is 2.26. The molecule has 18 heavy (non-hydrogen) atoms. The van der Waals surface area contributed by atoms with E-state index in [-0.39, 0.29) is 25.0 Å². The summed E-state index contributed by atoms with van der Waals surface area (Å²) in [6, 6.07) is 7.18. The van der Waals surface area contributed by atoms with E-state index in [0.29, 0.717) is 6.42 Å². The molecule has 1 aromatic carbocycles. The van der Waals surface area contributed by atoms with Gasteiger partial charge in [-0.3, -0.25) is 4.79 Å². The number of aliphatic hydroxyl groups excluding tert-OH is 2. The van der Waals surface area contributed by atoms with Crippen molar-refractivity contribution in [2.24, 2.45) is 0 Å². The second-order valence-corrected chi connectivity index (χ2v) is 5.11. The maximum absolute atomic E-state index is 11.7. The Balaban J connectivity index is 2.57. The number of benzene rings is 1. The Hall–Kier alpha value is -0.910. The highest BCUT2D eigenvalue weighted by molar-refractivity contribution is 9.10. The van der Waals surface area contributed by atoms with Crippen LogP contribution in [-0.4, -0.2) is 35.4 Å². The molecule has 1 amide bonds. The van der Waals surface area contributed by atoms with Gasteiger partial charge < -0.3 is 15.5 Å². The van der Waals surface area contributed by atoms with E-state index >= 15 is 0 Å². The smallest absolute Gasteiger partial charge is 0.220 e. The molecule has 0 aromatic heterocycles. The summed E-state index contributed by atoms with van der Waals surface area (Å²) >= 11 is 3.45. The highest BCUT2D eigenvalue weighted by atomic mass is 79.9. The minimum atomic E-state index is -0.580. The van der Waals surface area contributed by atoms with Gasteiger partial charge in [-0.25, -0.2) is 0 Å². The van der Waals surface area contributed by atoms with Crippen molar-refractivity contribution in [1.82, 2.24) is 5.32 Å². The molecule has 0 unspecified atom stereocenters. The Labute approximate surface area is 115 Å². The monoisotopic (exact) mass is 315 g/mol. The molecule has 0 spiro atoms. The predicted molar refractivity (Wildman–Crippen MR) is 73.3 cm³/mol. The normalized spacial score (nSPS) is 12.5. The van der Waals surface area contributed by atoms with Crippen molar-refractivity contribution < 1.29 is 15.0 Å². The van der Waals surface area contributed by atoms with Crippen molar-refractivity contribution in [3.8, 4) is 0 Å². The van der Waals surface area contributed by atoms with Crippen molar-refractivity contribution in [2.75, 3.05) is 13.2 Å². The van der Waals surface area contributed by atoms with Gasteiger partial charge >= 0.3 is 0 Å². The van der Waals surface area contributed by atoms with E-state index in [1.807, 2.05) is 31.2 Å². The molecule has 0 heterocycles. The largest absolute Gasteiger partial charge is 0.394 e. The average Bonchev–Trinajstić information content (AvgIpc) is 2.36. The van der Waals surface area contributed by atoms with Crippen molar-refractivity contribution in [3.05, 3.63) is 34.3 Å². The third-order valence-corrected chi connectivity index (χ3v) is 3.46. The second kappa shape index (κ2) is 7.51. The lowest BCUT2D eigenvalue weighted by Gasteiger charge is -2.17. The molecule has 5 heteroatoms. The van der Waals surface area contributed by atoms with Gasteiger partial charge in [0.1, 0.15) is 0 Å². The Morgan fingerprint density at radius 1 is 1.33 bits per heavy atom. The molecule has 0 aliphatic rings. The van der Waals surface area contributed by atoms with Crippen LogP contribution < -0.4 is 5.32 Å². The van der Waals surface area contributed by atoms with Crippen LogP contribution in [0.3, 0.4) is 0 Å². The van der Waals surface area contributed by atoms with Gasteiger partial charge in [-0.2, -0.15) is 0 Å². The number of amides is 1. The molecular weight excluding hydrogens is 298 g/mol. The molecular formula is C13H18BrNO3. The Morgan fingerprint density at radius 3 is 2.50 bits per heavy atom. The second-order valence-electron chi connectivity index (χ2n) is 4.26. The number of hydrogen-bond donors (Lipinski definition) is 3. The van der Waals surface area contributed by atoms with E-state index in [2.05, 4.69) is 21.2 Å². The van der Waals surface area contributed by atoms with Gasteiger partial charge in [-0.15, -0.1) is 0 Å². The summed E-state index contributed by atoms with van der Waals surface area (Å²) in [7, 11) is 0. The Bertz CT molecular complexity index is 394. The first kappa shape index (κ1) is 15.1. The minimum absolute atomic E-state index is 0.0682. The fourth-order valence-corrected chi connectivity index (χ4v) is 2.37. The Kier molecular flexibility index (Phi) is 6.32. The molecule has 0 aliphatic carbocycles. The summed E-state index contributed by atoms with van der Waals surface area (Å²) in [5.74, 6) is -0.107. The molecule has 0 saturated heterocycles. The summed E-state index contributed by atoms with van der Waals surface area (Å²) in [5.41, 5.74) is 1.07. The molecule has 0 aliphatic heterocycles.